The molecule has 4 aliphatic carbocycles. The number of esters is 1. The van der Waals surface area contributed by atoms with Crippen molar-refractivity contribution < 1.29 is 68.6 Å². The van der Waals surface area contributed by atoms with E-state index in [-0.39, 0.29) is 61.1 Å². The minimum atomic E-state index is -1.01. The molecule has 4 aliphatic heterocycles. The molecule has 0 radical (unpaired) electrons. The zero-order chi connectivity index (χ0) is 39.2. The average molecular weight is 781 g/mol. The molecule has 21 atom stereocenters. The quantitative estimate of drug-likeness (QED) is 0.162. The van der Waals surface area contributed by atoms with Crippen LogP contribution in [0.25, 0.3) is 0 Å². The molecule has 7 fully saturated rings. The van der Waals surface area contributed by atoms with Crippen molar-refractivity contribution in [3.63, 3.8) is 0 Å². The van der Waals surface area contributed by atoms with Crippen molar-refractivity contribution in [1.82, 2.24) is 0 Å². The summed E-state index contributed by atoms with van der Waals surface area (Å²) in [4.78, 5) is 11.9. The second-order valence-corrected chi connectivity index (χ2v) is 18.8. The fraction of sp³-hybridized carbons (Fsp3) is 0.927. The van der Waals surface area contributed by atoms with Crippen LogP contribution in [-0.2, 0) is 38.0 Å². The Kier molecular flexibility index (Phi) is 11.1. The second kappa shape index (κ2) is 15.1. The van der Waals surface area contributed by atoms with Gasteiger partial charge in [0.05, 0.1) is 54.4 Å². The van der Waals surface area contributed by atoms with Crippen molar-refractivity contribution in [3.05, 3.63) is 11.6 Å². The average Bonchev–Trinajstić information content (AvgIpc) is 3.67. The molecule has 312 valence electrons. The van der Waals surface area contributed by atoms with Crippen molar-refractivity contribution in [1.29, 1.82) is 0 Å². The predicted octanol–water partition coefficient (Wildman–Crippen LogP) is 2.22. The van der Waals surface area contributed by atoms with Crippen LogP contribution in [-0.4, -0.2) is 135 Å². The van der Waals surface area contributed by atoms with E-state index >= 15 is 0 Å². The topological polar surface area (TPSA) is 203 Å². The molecular formula is C41H64O14. The van der Waals surface area contributed by atoms with Gasteiger partial charge in [-0.15, -0.1) is 0 Å². The summed E-state index contributed by atoms with van der Waals surface area (Å²) in [5.41, 5.74) is -0.892. The van der Waals surface area contributed by atoms with E-state index in [0.717, 1.165) is 44.1 Å². The molecule has 0 aromatic heterocycles. The first-order chi connectivity index (χ1) is 26.0. The predicted molar refractivity (Wildman–Crippen MR) is 193 cm³/mol. The number of ether oxygens (including phenoxy) is 7. The molecule has 6 N–H and O–H groups in total. The normalized spacial score (nSPS) is 55.5. The summed E-state index contributed by atoms with van der Waals surface area (Å²) in [6, 6.07) is 0. The van der Waals surface area contributed by atoms with Gasteiger partial charge < -0.3 is 63.8 Å². The molecule has 0 aromatic rings. The summed E-state index contributed by atoms with van der Waals surface area (Å²) in [5.74, 6) is 0.204. The lowest BCUT2D eigenvalue weighted by Crippen LogP contribution is -2.67. The number of cyclic esters (lactones) is 1. The van der Waals surface area contributed by atoms with Crippen molar-refractivity contribution >= 4 is 5.97 Å². The van der Waals surface area contributed by atoms with Crippen LogP contribution in [0, 0.1) is 34.5 Å². The number of hydrogen-bond donors (Lipinski definition) is 6. The first-order valence-electron chi connectivity index (χ1n) is 20.9. The van der Waals surface area contributed by atoms with Gasteiger partial charge in [0.25, 0.3) is 0 Å². The second-order valence-electron chi connectivity index (χ2n) is 18.8. The van der Waals surface area contributed by atoms with Crippen LogP contribution in [0.4, 0.5) is 0 Å². The standard InChI is InChI=1S/C41H64O14/c1-19-36(47)28(42)15-34(50-19)54-38-21(3)52-35(17-30(38)44)55-37-20(2)51-33(16-29(37)43)53-24-8-10-39(4)23(13-24)6-7-26-27(39)14-31(45)40(5)25(9-11-41(26,40)48)22-12-32(46)49-18-22/h12,19-21,23-31,33-38,42-45,47-48H,6-11,13-18H2,1-5H3/t19-,20-,21-,23-,24+,25-,26-,27+,28+,29+,30-,31-,33+,34?,35?,36-,37-,38-,39+,40+,41+/m1/s1. The van der Waals surface area contributed by atoms with E-state index in [0.29, 0.717) is 18.8 Å². The lowest BCUT2D eigenvalue weighted by atomic mass is 9.42. The van der Waals surface area contributed by atoms with Crippen LogP contribution < -0.4 is 0 Å². The number of aliphatic hydroxyl groups excluding tert-OH is 5. The van der Waals surface area contributed by atoms with Gasteiger partial charge in [-0.2, -0.15) is 0 Å². The third kappa shape index (κ3) is 6.95. The lowest BCUT2D eigenvalue weighted by molar-refractivity contribution is -0.336. The molecule has 3 saturated heterocycles. The molecule has 0 aromatic carbocycles. The third-order valence-corrected chi connectivity index (χ3v) is 16.0. The Morgan fingerprint density at radius 1 is 0.691 bits per heavy atom. The Labute approximate surface area is 323 Å². The maximum atomic E-state index is 12.6. The van der Waals surface area contributed by atoms with E-state index in [4.69, 9.17) is 33.2 Å². The van der Waals surface area contributed by atoms with E-state index in [9.17, 15) is 35.4 Å². The molecule has 55 heavy (non-hydrogen) atoms. The van der Waals surface area contributed by atoms with E-state index in [1.165, 1.54) is 0 Å². The Morgan fingerprint density at radius 2 is 1.29 bits per heavy atom. The largest absolute Gasteiger partial charge is 0.458 e. The highest BCUT2D eigenvalue weighted by Crippen LogP contribution is 2.70. The van der Waals surface area contributed by atoms with Crippen LogP contribution in [0.2, 0.25) is 0 Å². The smallest absolute Gasteiger partial charge is 0.331 e. The summed E-state index contributed by atoms with van der Waals surface area (Å²) in [6.45, 7) is 9.90. The van der Waals surface area contributed by atoms with Gasteiger partial charge in [0.2, 0.25) is 0 Å². The Morgan fingerprint density at radius 3 is 1.87 bits per heavy atom. The first-order valence-corrected chi connectivity index (χ1v) is 20.9. The first kappa shape index (κ1) is 40.5. The Hall–Kier alpha value is -1.27. The van der Waals surface area contributed by atoms with Crippen LogP contribution in [0.15, 0.2) is 11.6 Å². The van der Waals surface area contributed by atoms with Crippen LogP contribution in [0.5, 0.6) is 0 Å². The summed E-state index contributed by atoms with van der Waals surface area (Å²) < 4.78 is 42.1. The maximum Gasteiger partial charge on any atom is 0.331 e. The number of carbonyl (C=O) groups is 1. The van der Waals surface area contributed by atoms with E-state index in [2.05, 4.69) is 6.92 Å². The van der Waals surface area contributed by atoms with Gasteiger partial charge in [0, 0.05) is 30.8 Å². The SMILES string of the molecule is C[C@H]1OC(O[C@H]2[C@H](O)CC(O[C@H]3[C@@H](O)C[C@H](O[C@H]4CC[C@@]5(C)[C@H](CC[C@@H]6[C@@H]5C[C@@H](O)[C@]5(C)[C@@H](C7=CC(=O)OC7)CC[C@]65O)C4)O[C@@H]3C)O[C@@H]2C)C[C@H](O)[C@@H]1O. The molecule has 0 amide bonds. The van der Waals surface area contributed by atoms with Crippen LogP contribution in [0.1, 0.15) is 105 Å². The lowest BCUT2D eigenvalue weighted by Gasteiger charge is -2.65. The number of aliphatic hydroxyl groups is 6. The van der Waals surface area contributed by atoms with Gasteiger partial charge >= 0.3 is 5.97 Å². The molecule has 2 unspecified atom stereocenters. The minimum absolute atomic E-state index is 0.0452. The zero-order valence-corrected chi connectivity index (χ0v) is 32.9. The molecule has 4 saturated carbocycles. The summed E-state index contributed by atoms with van der Waals surface area (Å²) in [5, 5.41) is 66.9. The zero-order valence-electron chi connectivity index (χ0n) is 32.9. The molecule has 14 nitrogen and oxygen atoms in total. The van der Waals surface area contributed by atoms with Crippen LogP contribution >= 0.6 is 0 Å². The molecular weight excluding hydrogens is 716 g/mol. The fourth-order valence-electron chi connectivity index (χ4n) is 12.8. The van der Waals surface area contributed by atoms with Crippen molar-refractivity contribution in [2.24, 2.45) is 34.5 Å². The molecule has 8 rings (SSSR count). The highest BCUT2D eigenvalue weighted by Gasteiger charge is 2.71. The van der Waals surface area contributed by atoms with Gasteiger partial charge in [-0.05, 0) is 107 Å². The molecule has 4 heterocycles. The molecule has 0 spiro atoms. The summed E-state index contributed by atoms with van der Waals surface area (Å²) in [7, 11) is 0. The van der Waals surface area contributed by atoms with Gasteiger partial charge in [0.15, 0.2) is 18.9 Å². The van der Waals surface area contributed by atoms with Crippen molar-refractivity contribution in [3.8, 4) is 0 Å². The Balaban J connectivity index is 0.837. The number of rotatable bonds is 7. The van der Waals surface area contributed by atoms with Gasteiger partial charge in [-0.25, -0.2) is 4.79 Å². The van der Waals surface area contributed by atoms with Gasteiger partial charge in [0.1, 0.15) is 24.9 Å². The van der Waals surface area contributed by atoms with Crippen molar-refractivity contribution in [2.45, 2.75) is 197 Å². The highest BCUT2D eigenvalue weighted by molar-refractivity contribution is 5.85. The molecule has 8 aliphatic rings. The highest BCUT2D eigenvalue weighted by atomic mass is 16.7. The monoisotopic (exact) mass is 780 g/mol. The summed E-state index contributed by atoms with van der Waals surface area (Å²) >= 11 is 0. The number of hydrogen-bond acceptors (Lipinski definition) is 14. The van der Waals surface area contributed by atoms with Gasteiger partial charge in [-0.1, -0.05) is 13.8 Å². The fourth-order valence-corrected chi connectivity index (χ4v) is 12.8. The van der Waals surface area contributed by atoms with E-state index in [1.54, 1.807) is 19.9 Å². The number of carbonyl (C=O) groups excluding carboxylic acids is 1. The van der Waals surface area contributed by atoms with E-state index in [1.807, 2.05) is 13.8 Å². The van der Waals surface area contributed by atoms with Gasteiger partial charge in [-0.3, -0.25) is 0 Å². The molecule has 14 heteroatoms. The third-order valence-electron chi connectivity index (χ3n) is 16.0. The van der Waals surface area contributed by atoms with Crippen molar-refractivity contribution in [2.75, 3.05) is 6.61 Å². The Bertz CT molecular complexity index is 1410. The molecule has 0 bridgehead atoms. The minimum Gasteiger partial charge on any atom is -0.458 e. The van der Waals surface area contributed by atoms with E-state index < -0.39 is 90.9 Å². The van der Waals surface area contributed by atoms with Crippen LogP contribution in [0.3, 0.4) is 0 Å². The maximum absolute atomic E-state index is 12.6. The number of fused-ring (bicyclic) bond motifs is 5. The summed E-state index contributed by atoms with van der Waals surface area (Å²) in [6.07, 6.45) is -1.51.